The van der Waals surface area contributed by atoms with Gasteiger partial charge in [0.25, 0.3) is 0 Å². The summed E-state index contributed by atoms with van der Waals surface area (Å²) in [4.78, 5) is 17.0. The van der Waals surface area contributed by atoms with E-state index in [0.29, 0.717) is 0 Å². The Morgan fingerprint density at radius 2 is 1.83 bits per heavy atom. The Kier molecular flexibility index (Phi) is 3.75. The van der Waals surface area contributed by atoms with E-state index in [1.165, 1.54) is 5.56 Å². The summed E-state index contributed by atoms with van der Waals surface area (Å²) >= 11 is 1.66. The number of H-pyrrole nitrogens is 2. The summed E-state index contributed by atoms with van der Waals surface area (Å²) < 4.78 is 0. The van der Waals surface area contributed by atoms with E-state index in [4.69, 9.17) is 4.98 Å². The van der Waals surface area contributed by atoms with Gasteiger partial charge in [0.2, 0.25) is 0 Å². The highest BCUT2D eigenvalue weighted by atomic mass is 32.1. The monoisotopic (exact) mass is 408 g/mol. The van der Waals surface area contributed by atoms with Gasteiger partial charge in [-0.3, -0.25) is 15.1 Å². The third-order valence-corrected chi connectivity index (χ3v) is 6.05. The molecule has 0 bridgehead atoms. The predicted molar refractivity (Wildman–Crippen MR) is 120 cm³/mol. The summed E-state index contributed by atoms with van der Waals surface area (Å²) in [6.07, 6.45) is 7.38. The lowest BCUT2D eigenvalue weighted by Crippen LogP contribution is -1.85. The number of nitrogens with one attached hydrogen (secondary N) is 2. The van der Waals surface area contributed by atoms with Crippen LogP contribution in [0.1, 0.15) is 5.56 Å². The number of pyridine rings is 2. The molecule has 0 saturated heterocycles. The lowest BCUT2D eigenvalue weighted by molar-refractivity contribution is 1.11. The average Bonchev–Trinajstić information content (AvgIpc) is 3.51. The Hall–Kier alpha value is -3.84. The fourth-order valence-electron chi connectivity index (χ4n) is 3.80. The van der Waals surface area contributed by atoms with Crippen LogP contribution in [0.15, 0.2) is 65.9 Å². The van der Waals surface area contributed by atoms with Crippen LogP contribution in [0.3, 0.4) is 0 Å². The second-order valence-corrected chi connectivity index (χ2v) is 7.98. The van der Waals surface area contributed by atoms with Crippen molar-refractivity contribution in [2.75, 3.05) is 0 Å². The van der Waals surface area contributed by atoms with Crippen LogP contribution in [0, 0.1) is 6.92 Å². The Balaban J connectivity index is 1.53. The van der Waals surface area contributed by atoms with Crippen LogP contribution in [0.4, 0.5) is 0 Å². The molecule has 0 aliphatic heterocycles. The number of hydrogen-bond donors (Lipinski definition) is 2. The van der Waals surface area contributed by atoms with Gasteiger partial charge < -0.3 is 4.98 Å². The number of rotatable bonds is 3. The molecule has 1 aromatic carbocycles. The van der Waals surface area contributed by atoms with E-state index in [2.05, 4.69) is 67.1 Å². The lowest BCUT2D eigenvalue weighted by atomic mass is 10.0. The summed E-state index contributed by atoms with van der Waals surface area (Å²) in [7, 11) is 0. The standard InChI is InChI=1S/C23H16N6S/c1-13-4-6-24-9-17(13)14-2-3-19-16(8-14)22(29-28-19)23-26-20-11-25-10-18(21(20)27-23)15-5-7-30-12-15/h2-12H,1H3,(H,26,27)(H,28,29). The maximum Gasteiger partial charge on any atom is 0.159 e. The number of benzene rings is 1. The maximum atomic E-state index is 4.90. The zero-order valence-electron chi connectivity index (χ0n) is 16.0. The van der Waals surface area contributed by atoms with E-state index in [1.54, 1.807) is 17.5 Å². The lowest BCUT2D eigenvalue weighted by Gasteiger charge is -2.05. The molecule has 6 nitrogen and oxygen atoms in total. The van der Waals surface area contributed by atoms with Gasteiger partial charge in [0.15, 0.2) is 5.82 Å². The first-order valence-electron chi connectivity index (χ1n) is 9.54. The van der Waals surface area contributed by atoms with Gasteiger partial charge in [-0.1, -0.05) is 6.07 Å². The molecule has 0 fully saturated rings. The number of aryl methyl sites for hydroxylation is 1. The molecule has 0 radical (unpaired) electrons. The van der Waals surface area contributed by atoms with Crippen molar-refractivity contribution < 1.29 is 0 Å². The van der Waals surface area contributed by atoms with Crippen molar-refractivity contribution in [2.24, 2.45) is 0 Å². The minimum atomic E-state index is 0.723. The van der Waals surface area contributed by atoms with Gasteiger partial charge in [-0.15, -0.1) is 0 Å². The van der Waals surface area contributed by atoms with E-state index in [9.17, 15) is 0 Å². The number of hydrogen-bond acceptors (Lipinski definition) is 5. The molecule has 7 heteroatoms. The molecule has 0 spiro atoms. The molecule has 5 heterocycles. The normalized spacial score (nSPS) is 11.5. The van der Waals surface area contributed by atoms with Crippen molar-refractivity contribution in [3.05, 3.63) is 71.4 Å². The van der Waals surface area contributed by atoms with Crippen LogP contribution in [0.5, 0.6) is 0 Å². The number of imidazole rings is 1. The number of thiophene rings is 1. The number of fused-ring (bicyclic) bond motifs is 2. The molecule has 144 valence electrons. The van der Waals surface area contributed by atoms with Crippen LogP contribution in [0.25, 0.3) is 55.7 Å². The molecule has 0 aliphatic carbocycles. The van der Waals surface area contributed by atoms with Gasteiger partial charge in [0, 0.05) is 35.1 Å². The minimum absolute atomic E-state index is 0.723. The zero-order chi connectivity index (χ0) is 20.1. The average molecular weight is 408 g/mol. The molecule has 0 amide bonds. The molecule has 5 aromatic heterocycles. The number of aromatic nitrogens is 6. The predicted octanol–water partition coefficient (Wildman–Crippen LogP) is 5.60. The third-order valence-electron chi connectivity index (χ3n) is 5.36. The molecule has 0 unspecified atom stereocenters. The van der Waals surface area contributed by atoms with Crippen molar-refractivity contribution in [1.29, 1.82) is 0 Å². The second-order valence-electron chi connectivity index (χ2n) is 7.20. The van der Waals surface area contributed by atoms with E-state index in [0.717, 1.165) is 55.7 Å². The SMILES string of the molecule is Cc1ccncc1-c1ccc2[nH]nc(-c3nc4c(-c5ccsc5)cncc4[nH]3)c2c1. The van der Waals surface area contributed by atoms with Gasteiger partial charge in [0.05, 0.1) is 17.2 Å². The van der Waals surface area contributed by atoms with Crippen molar-refractivity contribution in [3.63, 3.8) is 0 Å². The molecule has 6 aromatic rings. The molecule has 0 atom stereocenters. The Morgan fingerprint density at radius 1 is 0.900 bits per heavy atom. The highest BCUT2D eigenvalue weighted by molar-refractivity contribution is 7.08. The van der Waals surface area contributed by atoms with E-state index in [-0.39, 0.29) is 0 Å². The fraction of sp³-hybridized carbons (Fsp3) is 0.0435. The number of aromatic amines is 2. The van der Waals surface area contributed by atoms with Gasteiger partial charge in [0.1, 0.15) is 11.2 Å². The van der Waals surface area contributed by atoms with E-state index >= 15 is 0 Å². The Labute approximate surface area is 175 Å². The fourth-order valence-corrected chi connectivity index (χ4v) is 4.46. The molecule has 0 aliphatic rings. The first-order valence-corrected chi connectivity index (χ1v) is 10.5. The van der Waals surface area contributed by atoms with Gasteiger partial charge >= 0.3 is 0 Å². The summed E-state index contributed by atoms with van der Waals surface area (Å²) in [5, 5.41) is 12.9. The van der Waals surface area contributed by atoms with Crippen LogP contribution in [-0.4, -0.2) is 30.1 Å². The smallest absolute Gasteiger partial charge is 0.159 e. The molecule has 30 heavy (non-hydrogen) atoms. The Bertz CT molecular complexity index is 1510. The summed E-state index contributed by atoms with van der Waals surface area (Å²) in [5.74, 6) is 0.723. The molecule has 2 N–H and O–H groups in total. The van der Waals surface area contributed by atoms with Crippen LogP contribution in [-0.2, 0) is 0 Å². The van der Waals surface area contributed by atoms with Gasteiger partial charge in [-0.05, 0) is 58.6 Å². The maximum absolute atomic E-state index is 4.90. The highest BCUT2D eigenvalue weighted by Gasteiger charge is 2.16. The Morgan fingerprint density at radius 3 is 2.70 bits per heavy atom. The highest BCUT2D eigenvalue weighted by Crippen LogP contribution is 2.33. The van der Waals surface area contributed by atoms with Gasteiger partial charge in [-0.2, -0.15) is 16.4 Å². The van der Waals surface area contributed by atoms with Crippen molar-refractivity contribution >= 4 is 33.3 Å². The second kappa shape index (κ2) is 6.60. The van der Waals surface area contributed by atoms with Crippen molar-refractivity contribution in [2.45, 2.75) is 6.92 Å². The van der Waals surface area contributed by atoms with Crippen LogP contribution >= 0.6 is 11.3 Å². The zero-order valence-corrected chi connectivity index (χ0v) is 16.9. The topological polar surface area (TPSA) is 83.1 Å². The van der Waals surface area contributed by atoms with Crippen LogP contribution < -0.4 is 0 Å². The quantitative estimate of drug-likeness (QED) is 0.399. The summed E-state index contributed by atoms with van der Waals surface area (Å²) in [5.41, 5.74) is 9.09. The molecular weight excluding hydrogens is 392 g/mol. The van der Waals surface area contributed by atoms with Crippen molar-refractivity contribution in [1.82, 2.24) is 30.1 Å². The third kappa shape index (κ3) is 2.63. The summed E-state index contributed by atoms with van der Waals surface area (Å²) in [6.45, 7) is 2.09. The largest absolute Gasteiger partial charge is 0.335 e. The molecule has 6 rings (SSSR count). The van der Waals surface area contributed by atoms with Crippen molar-refractivity contribution in [3.8, 4) is 33.8 Å². The van der Waals surface area contributed by atoms with Gasteiger partial charge in [-0.25, -0.2) is 4.98 Å². The first kappa shape index (κ1) is 17.1. The van der Waals surface area contributed by atoms with E-state index in [1.807, 2.05) is 24.7 Å². The van der Waals surface area contributed by atoms with E-state index < -0.39 is 0 Å². The molecule has 0 saturated carbocycles. The first-order chi connectivity index (χ1) is 14.8. The summed E-state index contributed by atoms with van der Waals surface area (Å²) in [6, 6.07) is 10.4. The molecular formula is C23H16N6S. The minimum Gasteiger partial charge on any atom is -0.335 e. The number of nitrogens with zero attached hydrogens (tertiary/aromatic N) is 4. The van der Waals surface area contributed by atoms with Crippen LogP contribution in [0.2, 0.25) is 0 Å².